The molecule has 2 rings (SSSR count). The fraction of sp³-hybridized carbons (Fsp3) is 0.133. The number of carbonyl (C=O) groups is 1. The molecule has 1 atom stereocenters. The Morgan fingerprint density at radius 2 is 1.95 bits per heavy atom. The number of nitro benzene ring substituents is 1. The maximum Gasteiger partial charge on any atom is 0.412 e. The van der Waals surface area contributed by atoms with Crippen molar-refractivity contribution in [2.45, 2.75) is 13.0 Å². The van der Waals surface area contributed by atoms with E-state index >= 15 is 0 Å². The van der Waals surface area contributed by atoms with E-state index in [1.165, 1.54) is 12.1 Å². The molecule has 2 aromatic rings. The Hall–Kier alpha value is -2.60. The van der Waals surface area contributed by atoms with Crippen molar-refractivity contribution in [2.75, 3.05) is 5.32 Å². The third-order valence-corrected chi connectivity index (χ3v) is 3.18. The molecule has 0 unspecified atom stereocenters. The van der Waals surface area contributed by atoms with Crippen LogP contribution in [0.5, 0.6) is 0 Å². The van der Waals surface area contributed by atoms with Gasteiger partial charge in [0.1, 0.15) is 6.10 Å². The van der Waals surface area contributed by atoms with Crippen LogP contribution in [0, 0.1) is 10.1 Å². The van der Waals surface area contributed by atoms with Crippen LogP contribution in [0.4, 0.5) is 16.2 Å². The van der Waals surface area contributed by atoms with Gasteiger partial charge in [0.2, 0.25) is 0 Å². The predicted octanol–water partition coefficient (Wildman–Crippen LogP) is 4.56. The lowest BCUT2D eigenvalue weighted by Crippen LogP contribution is -2.16. The normalized spacial score (nSPS) is 11.5. The van der Waals surface area contributed by atoms with E-state index in [0.717, 1.165) is 0 Å². The van der Waals surface area contributed by atoms with E-state index in [2.05, 4.69) is 5.32 Å². The van der Waals surface area contributed by atoms with Crippen molar-refractivity contribution >= 4 is 29.1 Å². The number of hydrogen-bond acceptors (Lipinski definition) is 4. The Morgan fingerprint density at radius 3 is 2.59 bits per heavy atom. The Balaban J connectivity index is 2.00. The third kappa shape index (κ3) is 4.20. The summed E-state index contributed by atoms with van der Waals surface area (Å²) in [6.45, 7) is 1.64. The van der Waals surface area contributed by atoms with E-state index in [-0.39, 0.29) is 5.69 Å². The summed E-state index contributed by atoms with van der Waals surface area (Å²) in [5, 5.41) is 13.9. The molecule has 1 N–H and O–H groups in total. The highest BCUT2D eigenvalue weighted by molar-refractivity contribution is 6.30. The van der Waals surface area contributed by atoms with Crippen molar-refractivity contribution < 1.29 is 14.5 Å². The molecule has 22 heavy (non-hydrogen) atoms. The Labute approximate surface area is 131 Å². The highest BCUT2D eigenvalue weighted by atomic mass is 35.5. The van der Waals surface area contributed by atoms with Gasteiger partial charge in [-0.05, 0) is 36.8 Å². The minimum atomic E-state index is -0.652. The van der Waals surface area contributed by atoms with Gasteiger partial charge in [0.15, 0.2) is 0 Å². The number of amides is 1. The number of rotatable bonds is 4. The molecule has 0 spiro atoms. The van der Waals surface area contributed by atoms with Gasteiger partial charge in [0.25, 0.3) is 5.69 Å². The second kappa shape index (κ2) is 6.91. The number of ether oxygens (including phenoxy) is 1. The van der Waals surface area contributed by atoms with Gasteiger partial charge in [0, 0.05) is 22.8 Å². The molecule has 0 aliphatic heterocycles. The average Bonchev–Trinajstić information content (AvgIpc) is 2.49. The van der Waals surface area contributed by atoms with Crippen LogP contribution in [0.15, 0.2) is 48.5 Å². The summed E-state index contributed by atoms with van der Waals surface area (Å²) in [6, 6.07) is 12.5. The lowest BCUT2D eigenvalue weighted by atomic mass is 10.1. The molecule has 0 heterocycles. The van der Waals surface area contributed by atoms with Crippen LogP contribution in [-0.4, -0.2) is 11.0 Å². The molecule has 0 aliphatic rings. The fourth-order valence-corrected chi connectivity index (χ4v) is 1.93. The van der Waals surface area contributed by atoms with Crippen molar-refractivity contribution in [1.29, 1.82) is 0 Å². The molecule has 0 bridgehead atoms. The maximum absolute atomic E-state index is 11.8. The lowest BCUT2D eigenvalue weighted by Gasteiger charge is -2.14. The summed E-state index contributed by atoms with van der Waals surface area (Å²) in [5.74, 6) is 0. The van der Waals surface area contributed by atoms with E-state index < -0.39 is 17.1 Å². The summed E-state index contributed by atoms with van der Waals surface area (Å²) in [4.78, 5) is 22.0. The number of benzene rings is 2. The zero-order chi connectivity index (χ0) is 16.1. The zero-order valence-corrected chi connectivity index (χ0v) is 12.4. The van der Waals surface area contributed by atoms with Crippen molar-refractivity contribution in [2.24, 2.45) is 0 Å². The number of nitrogens with one attached hydrogen (secondary N) is 1. The molecular weight excluding hydrogens is 308 g/mol. The van der Waals surface area contributed by atoms with Crippen molar-refractivity contribution in [1.82, 2.24) is 0 Å². The second-order valence-corrected chi connectivity index (χ2v) is 4.97. The molecular formula is C15H13ClN2O4. The average molecular weight is 321 g/mol. The third-order valence-electron chi connectivity index (χ3n) is 2.92. The van der Waals surface area contributed by atoms with Gasteiger partial charge in [-0.25, -0.2) is 4.79 Å². The minimum Gasteiger partial charge on any atom is -0.441 e. The molecule has 6 nitrogen and oxygen atoms in total. The highest BCUT2D eigenvalue weighted by Gasteiger charge is 2.15. The van der Waals surface area contributed by atoms with Crippen LogP contribution < -0.4 is 5.32 Å². The number of carbonyl (C=O) groups excluding carboxylic acids is 1. The van der Waals surface area contributed by atoms with Crippen LogP contribution in [0.1, 0.15) is 18.6 Å². The molecule has 1 amide bonds. The first-order valence-electron chi connectivity index (χ1n) is 6.43. The summed E-state index contributed by atoms with van der Waals surface area (Å²) < 4.78 is 5.20. The summed E-state index contributed by atoms with van der Waals surface area (Å²) in [6.07, 6.45) is -1.27. The Morgan fingerprint density at radius 1 is 1.27 bits per heavy atom. The second-order valence-electron chi connectivity index (χ2n) is 4.53. The van der Waals surface area contributed by atoms with E-state index in [1.807, 2.05) is 0 Å². The zero-order valence-electron chi connectivity index (χ0n) is 11.7. The minimum absolute atomic E-state index is 0.0499. The monoisotopic (exact) mass is 320 g/mol. The van der Waals surface area contributed by atoms with Crippen LogP contribution in [0.2, 0.25) is 5.02 Å². The van der Waals surface area contributed by atoms with E-state index in [9.17, 15) is 14.9 Å². The predicted molar refractivity (Wildman–Crippen MR) is 83.1 cm³/mol. The first kappa shape index (κ1) is 15.8. The molecule has 0 radical (unpaired) electrons. The first-order valence-corrected chi connectivity index (χ1v) is 6.81. The van der Waals surface area contributed by atoms with E-state index in [1.54, 1.807) is 43.3 Å². The summed E-state index contributed by atoms with van der Waals surface area (Å²) in [5.41, 5.74) is 1.03. The molecule has 0 aromatic heterocycles. The number of hydrogen-bond donors (Lipinski definition) is 1. The molecule has 114 valence electrons. The molecule has 0 saturated heterocycles. The largest absolute Gasteiger partial charge is 0.441 e. The van der Waals surface area contributed by atoms with Gasteiger partial charge in [-0.3, -0.25) is 15.4 Å². The van der Waals surface area contributed by atoms with Gasteiger partial charge in [-0.1, -0.05) is 23.7 Å². The van der Waals surface area contributed by atoms with Gasteiger partial charge in [-0.15, -0.1) is 0 Å². The van der Waals surface area contributed by atoms with E-state index in [0.29, 0.717) is 16.3 Å². The first-order chi connectivity index (χ1) is 10.5. The maximum atomic E-state index is 11.8. The fourth-order valence-electron chi connectivity index (χ4n) is 1.80. The van der Waals surface area contributed by atoms with Crippen molar-refractivity contribution in [3.63, 3.8) is 0 Å². The van der Waals surface area contributed by atoms with Crippen LogP contribution in [-0.2, 0) is 4.74 Å². The van der Waals surface area contributed by atoms with Crippen molar-refractivity contribution in [3.05, 3.63) is 69.2 Å². The van der Waals surface area contributed by atoms with E-state index in [4.69, 9.17) is 16.3 Å². The Kier molecular flexibility index (Phi) is 4.95. The number of non-ortho nitro benzene ring substituents is 1. The highest BCUT2D eigenvalue weighted by Crippen LogP contribution is 2.22. The quantitative estimate of drug-likeness (QED) is 0.661. The van der Waals surface area contributed by atoms with Gasteiger partial charge in [-0.2, -0.15) is 0 Å². The Bertz CT molecular complexity index is 688. The number of halogens is 1. The van der Waals surface area contributed by atoms with Crippen LogP contribution in [0.3, 0.4) is 0 Å². The number of anilines is 1. The standard InChI is InChI=1S/C15H13ClN2O4/c1-10(11-3-2-4-14(9-11)18(20)21)22-15(19)17-13-7-5-12(16)6-8-13/h2-10H,1H3,(H,17,19)/t10-/m1/s1. The summed E-state index contributed by atoms with van der Waals surface area (Å²) in [7, 11) is 0. The molecule has 2 aromatic carbocycles. The topological polar surface area (TPSA) is 81.5 Å². The molecule has 0 fully saturated rings. The van der Waals surface area contributed by atoms with Crippen molar-refractivity contribution in [3.8, 4) is 0 Å². The SMILES string of the molecule is C[C@@H](OC(=O)Nc1ccc(Cl)cc1)c1cccc([N+](=O)[O-])c1. The number of nitro groups is 1. The molecule has 0 aliphatic carbocycles. The van der Waals surface area contributed by atoms with Gasteiger partial charge >= 0.3 is 6.09 Å². The summed E-state index contributed by atoms with van der Waals surface area (Å²) >= 11 is 5.75. The van der Waals surface area contributed by atoms with Gasteiger partial charge in [0.05, 0.1) is 4.92 Å². The van der Waals surface area contributed by atoms with Crippen LogP contribution >= 0.6 is 11.6 Å². The van der Waals surface area contributed by atoms with Gasteiger partial charge < -0.3 is 4.74 Å². The molecule has 7 heteroatoms. The molecule has 0 saturated carbocycles. The number of nitrogens with zero attached hydrogens (tertiary/aromatic N) is 1. The lowest BCUT2D eigenvalue weighted by molar-refractivity contribution is -0.385. The van der Waals surface area contributed by atoms with Crippen LogP contribution in [0.25, 0.3) is 0 Å². The smallest absolute Gasteiger partial charge is 0.412 e.